The van der Waals surface area contributed by atoms with E-state index < -0.39 is 30.8 Å². The van der Waals surface area contributed by atoms with E-state index in [9.17, 15) is 18.0 Å². The second-order valence-electron chi connectivity index (χ2n) is 3.71. The van der Waals surface area contributed by atoms with E-state index in [4.69, 9.17) is 10.8 Å². The normalized spacial score (nSPS) is 17.7. The average Bonchev–Trinajstić information content (AvgIpc) is 2.21. The number of carbonyl (C=O) groups excluding carboxylic acids is 1. The molecule has 0 radical (unpaired) electrons. The lowest BCUT2D eigenvalue weighted by Crippen LogP contribution is -2.48. The van der Waals surface area contributed by atoms with E-state index in [2.05, 4.69) is 0 Å². The summed E-state index contributed by atoms with van der Waals surface area (Å²) in [7, 11) is 0. The highest BCUT2D eigenvalue weighted by Gasteiger charge is 2.38. The van der Waals surface area contributed by atoms with E-state index in [1.165, 1.54) is 0 Å². The molecule has 0 heterocycles. The third-order valence-electron chi connectivity index (χ3n) is 2.41. The fourth-order valence-electron chi connectivity index (χ4n) is 0.943. The van der Waals surface area contributed by atoms with Gasteiger partial charge in [-0.3, -0.25) is 4.79 Å². The fourth-order valence-corrected chi connectivity index (χ4v) is 0.943. The van der Waals surface area contributed by atoms with Crippen LogP contribution >= 0.6 is 0 Å². The number of hydrogen-bond donors (Lipinski definition) is 3. The molecule has 0 aromatic heterocycles. The Labute approximate surface area is 92.0 Å². The third-order valence-corrected chi connectivity index (χ3v) is 2.41. The predicted octanol–water partition coefficient (Wildman–Crippen LogP) is 0.399. The van der Waals surface area contributed by atoms with E-state index in [-0.39, 0.29) is 5.92 Å². The molecule has 0 aromatic rings. The van der Waals surface area contributed by atoms with E-state index >= 15 is 0 Å². The summed E-state index contributed by atoms with van der Waals surface area (Å²) in [5.41, 5.74) is 5.49. The fraction of sp³-hybridized carbons (Fsp3) is 0.889. The van der Waals surface area contributed by atoms with Crippen molar-refractivity contribution in [3.63, 3.8) is 0 Å². The van der Waals surface area contributed by atoms with Crippen molar-refractivity contribution in [2.24, 2.45) is 11.7 Å². The van der Waals surface area contributed by atoms with Crippen LogP contribution in [0, 0.1) is 5.92 Å². The van der Waals surface area contributed by atoms with E-state index in [1.807, 2.05) is 12.2 Å². The second-order valence-corrected chi connectivity index (χ2v) is 3.71. The lowest BCUT2D eigenvalue weighted by molar-refractivity contribution is -0.201. The van der Waals surface area contributed by atoms with Crippen molar-refractivity contribution in [1.29, 1.82) is 0 Å². The molecular weight excluding hydrogens is 225 g/mol. The molecule has 0 fully saturated rings. The summed E-state index contributed by atoms with van der Waals surface area (Å²) < 4.78 is 35.7. The van der Waals surface area contributed by atoms with Gasteiger partial charge in [0, 0.05) is 0 Å². The zero-order valence-corrected chi connectivity index (χ0v) is 9.21. The summed E-state index contributed by atoms with van der Waals surface area (Å²) in [6.45, 7) is 2.68. The minimum Gasteiger partial charge on any atom is -0.382 e. The molecule has 0 saturated carbocycles. The quantitative estimate of drug-likeness (QED) is 0.653. The standard InChI is InChI=1S/C9H17F3N2O2/c1-3-5(2)7(13)8(16)14-4-6(15)9(10,11)12/h5-7,15H,3-4,13H2,1-2H3,(H,14,16)/t5-,6?,7-/m0/s1. The van der Waals surface area contributed by atoms with Crippen LogP contribution in [0.15, 0.2) is 0 Å². The number of carbonyl (C=O) groups is 1. The molecular formula is C9H17F3N2O2. The van der Waals surface area contributed by atoms with E-state index in [0.717, 1.165) is 0 Å². The Morgan fingerprint density at radius 1 is 1.50 bits per heavy atom. The van der Waals surface area contributed by atoms with E-state index in [0.29, 0.717) is 6.42 Å². The van der Waals surface area contributed by atoms with Gasteiger partial charge in [-0.15, -0.1) is 0 Å². The monoisotopic (exact) mass is 242 g/mol. The van der Waals surface area contributed by atoms with Gasteiger partial charge in [0.2, 0.25) is 5.91 Å². The highest BCUT2D eigenvalue weighted by molar-refractivity contribution is 5.81. The van der Waals surface area contributed by atoms with Crippen LogP contribution in [0.1, 0.15) is 20.3 Å². The average molecular weight is 242 g/mol. The lowest BCUT2D eigenvalue weighted by Gasteiger charge is -2.20. The first kappa shape index (κ1) is 15.2. The molecule has 4 nitrogen and oxygen atoms in total. The second kappa shape index (κ2) is 6.05. The smallest absolute Gasteiger partial charge is 0.382 e. The summed E-state index contributed by atoms with van der Waals surface area (Å²) in [5.74, 6) is -0.805. The Bertz CT molecular complexity index is 233. The highest BCUT2D eigenvalue weighted by atomic mass is 19.4. The van der Waals surface area contributed by atoms with Crippen molar-refractivity contribution in [2.75, 3.05) is 6.54 Å². The summed E-state index contributed by atoms with van der Waals surface area (Å²) in [6, 6.07) is -0.856. The van der Waals surface area contributed by atoms with Gasteiger partial charge < -0.3 is 16.2 Å². The topological polar surface area (TPSA) is 75.4 Å². The van der Waals surface area contributed by atoms with Gasteiger partial charge in [0.25, 0.3) is 0 Å². The first-order valence-electron chi connectivity index (χ1n) is 4.98. The lowest BCUT2D eigenvalue weighted by atomic mass is 9.99. The van der Waals surface area contributed by atoms with Crippen molar-refractivity contribution < 1.29 is 23.1 Å². The maximum Gasteiger partial charge on any atom is 0.416 e. The number of amides is 1. The van der Waals surface area contributed by atoms with Crippen molar-refractivity contribution >= 4 is 5.91 Å². The van der Waals surface area contributed by atoms with Gasteiger partial charge in [-0.25, -0.2) is 0 Å². The first-order valence-corrected chi connectivity index (χ1v) is 4.98. The molecule has 0 aliphatic rings. The molecule has 1 amide bonds. The summed E-state index contributed by atoms with van der Waals surface area (Å²) >= 11 is 0. The number of hydrogen-bond acceptors (Lipinski definition) is 3. The van der Waals surface area contributed by atoms with Gasteiger partial charge in [-0.05, 0) is 5.92 Å². The van der Waals surface area contributed by atoms with Gasteiger partial charge in [-0.1, -0.05) is 20.3 Å². The van der Waals surface area contributed by atoms with E-state index in [1.54, 1.807) is 6.92 Å². The van der Waals surface area contributed by atoms with Crippen molar-refractivity contribution in [3.8, 4) is 0 Å². The van der Waals surface area contributed by atoms with Gasteiger partial charge in [-0.2, -0.15) is 13.2 Å². The molecule has 0 aliphatic carbocycles. The first-order chi connectivity index (χ1) is 7.20. The summed E-state index contributed by atoms with van der Waals surface area (Å²) in [6.07, 6.45) is -6.63. The predicted molar refractivity (Wildman–Crippen MR) is 52.5 cm³/mol. The molecule has 96 valence electrons. The zero-order chi connectivity index (χ0) is 12.9. The molecule has 0 aliphatic heterocycles. The van der Waals surface area contributed by atoms with Crippen LogP contribution in [-0.2, 0) is 4.79 Å². The molecule has 0 rings (SSSR count). The molecule has 7 heteroatoms. The maximum absolute atomic E-state index is 11.9. The van der Waals surface area contributed by atoms with Crippen LogP contribution in [0.3, 0.4) is 0 Å². The van der Waals surface area contributed by atoms with Crippen LogP contribution < -0.4 is 11.1 Å². The molecule has 0 aromatic carbocycles. The van der Waals surface area contributed by atoms with Crippen molar-refractivity contribution in [3.05, 3.63) is 0 Å². The summed E-state index contributed by atoms with van der Waals surface area (Å²) in [4.78, 5) is 11.3. The van der Waals surface area contributed by atoms with Crippen molar-refractivity contribution in [2.45, 2.75) is 38.6 Å². The van der Waals surface area contributed by atoms with Crippen LogP contribution in [-0.4, -0.2) is 35.9 Å². The Hall–Kier alpha value is -0.820. The number of aliphatic hydroxyl groups is 1. The number of halogens is 3. The largest absolute Gasteiger partial charge is 0.416 e. The van der Waals surface area contributed by atoms with Crippen LogP contribution in [0.2, 0.25) is 0 Å². The van der Waals surface area contributed by atoms with Crippen LogP contribution in [0.5, 0.6) is 0 Å². The molecule has 1 unspecified atom stereocenters. The Balaban J connectivity index is 4.08. The Morgan fingerprint density at radius 2 is 2.00 bits per heavy atom. The number of alkyl halides is 3. The minimum absolute atomic E-state index is 0.122. The number of nitrogens with one attached hydrogen (secondary N) is 1. The van der Waals surface area contributed by atoms with Crippen LogP contribution in [0.4, 0.5) is 13.2 Å². The molecule has 0 bridgehead atoms. The highest BCUT2D eigenvalue weighted by Crippen LogP contribution is 2.19. The third kappa shape index (κ3) is 4.80. The Kier molecular flexibility index (Phi) is 5.74. The van der Waals surface area contributed by atoms with Gasteiger partial charge in [0.15, 0.2) is 6.10 Å². The van der Waals surface area contributed by atoms with Gasteiger partial charge in [0.1, 0.15) is 0 Å². The molecule has 0 spiro atoms. The summed E-state index contributed by atoms with van der Waals surface area (Å²) in [5, 5.41) is 10.6. The molecule has 4 N–H and O–H groups in total. The number of aliphatic hydroxyl groups excluding tert-OH is 1. The number of nitrogens with two attached hydrogens (primary N) is 1. The van der Waals surface area contributed by atoms with Crippen molar-refractivity contribution in [1.82, 2.24) is 5.32 Å². The maximum atomic E-state index is 11.9. The Morgan fingerprint density at radius 3 is 2.38 bits per heavy atom. The van der Waals surface area contributed by atoms with Crippen LogP contribution in [0.25, 0.3) is 0 Å². The van der Waals surface area contributed by atoms with Gasteiger partial charge in [0.05, 0.1) is 12.6 Å². The molecule has 3 atom stereocenters. The number of rotatable bonds is 5. The SMILES string of the molecule is CC[C@H](C)[C@H](N)C(=O)NCC(O)C(F)(F)F. The minimum atomic E-state index is -4.73. The molecule has 16 heavy (non-hydrogen) atoms. The van der Waals surface area contributed by atoms with Gasteiger partial charge >= 0.3 is 6.18 Å². The zero-order valence-electron chi connectivity index (χ0n) is 9.21. The molecule has 0 saturated heterocycles.